The number of nitrogens with zero attached hydrogens (tertiary/aromatic N) is 2. The van der Waals surface area contributed by atoms with Gasteiger partial charge >= 0.3 is 0 Å². The quantitative estimate of drug-likeness (QED) is 0.193. The normalized spacial score (nSPS) is 12.8. The number of aromatic hydroxyl groups is 1. The molecule has 0 unspecified atom stereocenters. The Morgan fingerprint density at radius 2 is 1.62 bits per heavy atom. The molecule has 37 heavy (non-hydrogen) atoms. The maximum Gasteiger partial charge on any atom is 0.296 e. The Labute approximate surface area is 211 Å². The van der Waals surface area contributed by atoms with Gasteiger partial charge in [-0.1, -0.05) is 6.07 Å². The van der Waals surface area contributed by atoms with Crippen molar-refractivity contribution in [1.82, 2.24) is 0 Å². The van der Waals surface area contributed by atoms with Crippen LogP contribution in [0.4, 0.5) is 17.1 Å². The van der Waals surface area contributed by atoms with Crippen molar-refractivity contribution in [2.45, 2.75) is 21.6 Å². The van der Waals surface area contributed by atoms with E-state index in [0.717, 1.165) is 31.2 Å². The van der Waals surface area contributed by atoms with Gasteiger partial charge in [-0.05, 0) is 41.8 Å². The zero-order valence-electron chi connectivity index (χ0n) is 18.9. The molecule has 3 aromatic rings. The zero-order valence-corrected chi connectivity index (χ0v) is 21.3. The van der Waals surface area contributed by atoms with E-state index in [1.54, 1.807) is 0 Å². The molecule has 198 valence electrons. The predicted octanol–water partition coefficient (Wildman–Crippen LogP) is 2.15. The van der Waals surface area contributed by atoms with Crippen LogP contribution in [0.5, 0.6) is 5.75 Å². The van der Waals surface area contributed by atoms with E-state index in [-0.39, 0.29) is 39.3 Å². The Morgan fingerprint density at radius 1 is 0.946 bits per heavy atom. The fraction of sp³-hybridized carbons (Fsp3) is 0.150. The molecule has 0 aliphatic heterocycles. The van der Waals surface area contributed by atoms with Gasteiger partial charge < -0.3 is 16.2 Å². The van der Waals surface area contributed by atoms with Gasteiger partial charge in [0.2, 0.25) is 5.91 Å². The first-order valence-electron chi connectivity index (χ1n) is 10.1. The summed E-state index contributed by atoms with van der Waals surface area (Å²) in [6.45, 7) is 0.939. The maximum absolute atomic E-state index is 12.3. The Hall–Kier alpha value is -3.48. The summed E-state index contributed by atoms with van der Waals surface area (Å²) in [7, 11) is -13.7. The highest BCUT2D eigenvalue weighted by Gasteiger charge is 2.25. The average molecular weight is 573 g/mol. The second kappa shape index (κ2) is 10.1. The molecule has 0 saturated heterocycles. The van der Waals surface area contributed by atoms with Crippen LogP contribution in [-0.2, 0) is 34.9 Å². The number of azo groups is 1. The topological polar surface area (TPSA) is 243 Å². The molecule has 0 atom stereocenters. The second-order valence-corrected chi connectivity index (χ2v) is 12.5. The summed E-state index contributed by atoms with van der Waals surface area (Å²) in [6.07, 6.45) is 0. The molecular formula is C20H20N4O10S3. The summed E-state index contributed by atoms with van der Waals surface area (Å²) >= 11 is 0. The van der Waals surface area contributed by atoms with Gasteiger partial charge in [0.05, 0.1) is 26.9 Å². The number of hydrogen-bond acceptors (Lipinski definition) is 11. The molecule has 0 fully saturated rings. The largest absolute Gasteiger partial charge is 0.505 e. The molecule has 0 aliphatic rings. The summed E-state index contributed by atoms with van der Waals surface area (Å²) in [5, 5.41) is 20.0. The Bertz CT molecular complexity index is 1770. The molecule has 6 N–H and O–H groups in total. The third kappa shape index (κ3) is 6.27. The monoisotopic (exact) mass is 572 g/mol. The minimum absolute atomic E-state index is 0.0670. The van der Waals surface area contributed by atoms with E-state index in [0.29, 0.717) is 0 Å². The van der Waals surface area contributed by atoms with E-state index in [2.05, 4.69) is 15.5 Å². The number of amides is 1. The lowest BCUT2D eigenvalue weighted by atomic mass is 10.1. The van der Waals surface area contributed by atoms with Crippen LogP contribution in [0.25, 0.3) is 10.8 Å². The summed E-state index contributed by atoms with van der Waals surface area (Å²) in [5.74, 6) is -1.97. The molecule has 0 aromatic heterocycles. The first-order valence-corrected chi connectivity index (χ1v) is 14.6. The highest BCUT2D eigenvalue weighted by Crippen LogP contribution is 2.45. The lowest BCUT2D eigenvalue weighted by Crippen LogP contribution is -2.15. The first-order chi connectivity index (χ1) is 17.0. The van der Waals surface area contributed by atoms with Gasteiger partial charge in [-0.2, -0.15) is 21.9 Å². The Balaban J connectivity index is 2.32. The number of rotatable bonds is 8. The highest BCUT2D eigenvalue weighted by molar-refractivity contribution is 7.91. The van der Waals surface area contributed by atoms with Crippen molar-refractivity contribution < 1.29 is 44.3 Å². The fourth-order valence-corrected chi connectivity index (χ4v) is 5.64. The molecule has 14 nitrogen and oxygen atoms in total. The van der Waals surface area contributed by atoms with Crippen molar-refractivity contribution >= 4 is 63.8 Å². The van der Waals surface area contributed by atoms with E-state index >= 15 is 0 Å². The Kier molecular flexibility index (Phi) is 7.68. The van der Waals surface area contributed by atoms with Crippen molar-refractivity contribution in [3.05, 3.63) is 42.5 Å². The van der Waals surface area contributed by atoms with E-state index in [4.69, 9.17) is 5.73 Å². The SMILES string of the molecule is CC(=O)Nc1cc(S(=O)(=O)O)cc2cc(S(=O)(=O)O)c(N=Nc3cccc(S(=O)(=O)CCN)c3)c(O)c12. The van der Waals surface area contributed by atoms with Crippen LogP contribution in [0, 0.1) is 0 Å². The number of nitrogens with one attached hydrogen (secondary N) is 1. The molecule has 1 amide bonds. The van der Waals surface area contributed by atoms with Crippen molar-refractivity contribution in [3.8, 4) is 5.75 Å². The molecule has 0 saturated carbocycles. The number of carbonyl (C=O) groups is 1. The molecule has 0 aliphatic carbocycles. The molecule has 0 spiro atoms. The van der Waals surface area contributed by atoms with Gasteiger partial charge in [-0.15, -0.1) is 5.11 Å². The molecule has 0 bridgehead atoms. The van der Waals surface area contributed by atoms with Crippen molar-refractivity contribution in [2.75, 3.05) is 17.6 Å². The van der Waals surface area contributed by atoms with Crippen molar-refractivity contribution in [3.63, 3.8) is 0 Å². The smallest absolute Gasteiger partial charge is 0.296 e. The molecule has 0 radical (unpaired) electrons. The van der Waals surface area contributed by atoms with Crippen molar-refractivity contribution in [2.24, 2.45) is 16.0 Å². The average Bonchev–Trinajstić information content (AvgIpc) is 2.76. The number of fused-ring (bicyclic) bond motifs is 1. The number of phenolic OH excluding ortho intramolecular Hbond substituents is 1. The van der Waals surface area contributed by atoms with E-state index in [1.807, 2.05) is 0 Å². The molecular weight excluding hydrogens is 552 g/mol. The fourth-order valence-electron chi connectivity index (χ4n) is 3.31. The lowest BCUT2D eigenvalue weighted by molar-refractivity contribution is -0.114. The van der Waals surface area contributed by atoms with Crippen LogP contribution in [0.2, 0.25) is 0 Å². The number of benzene rings is 3. The van der Waals surface area contributed by atoms with Gasteiger partial charge in [0, 0.05) is 18.9 Å². The standard InChI is InChI=1S/C20H20N4O10S3/c1-11(25)22-16-10-15(36(29,30)31)7-12-8-17(37(32,33)34)19(20(26)18(12)16)24-23-13-3-2-4-14(9-13)35(27,28)6-5-21/h2-4,7-10,26H,5-6,21H2,1H3,(H,22,25)(H,29,30,31)(H,32,33,34). The zero-order chi connectivity index (χ0) is 27.8. The minimum Gasteiger partial charge on any atom is -0.505 e. The highest BCUT2D eigenvalue weighted by atomic mass is 32.2. The van der Waals surface area contributed by atoms with Crippen LogP contribution in [0.15, 0.2) is 67.4 Å². The first kappa shape index (κ1) is 28.1. The van der Waals surface area contributed by atoms with Gasteiger partial charge in [-0.3, -0.25) is 13.9 Å². The van der Waals surface area contributed by atoms with Crippen LogP contribution in [0.3, 0.4) is 0 Å². The van der Waals surface area contributed by atoms with Crippen LogP contribution < -0.4 is 11.1 Å². The van der Waals surface area contributed by atoms with Crippen LogP contribution in [-0.4, -0.2) is 57.7 Å². The second-order valence-electron chi connectivity index (χ2n) is 7.58. The number of anilines is 1. The molecule has 17 heteroatoms. The number of carbonyl (C=O) groups excluding carboxylic acids is 1. The van der Waals surface area contributed by atoms with Gasteiger partial charge in [0.1, 0.15) is 10.6 Å². The lowest BCUT2D eigenvalue weighted by Gasteiger charge is -2.14. The molecule has 3 aromatic carbocycles. The van der Waals surface area contributed by atoms with Gasteiger partial charge in [0.25, 0.3) is 20.2 Å². The Morgan fingerprint density at radius 3 is 2.19 bits per heavy atom. The van der Waals surface area contributed by atoms with Gasteiger partial charge in [0.15, 0.2) is 15.6 Å². The summed E-state index contributed by atoms with van der Waals surface area (Å²) in [4.78, 5) is 9.80. The van der Waals surface area contributed by atoms with Crippen LogP contribution in [0.1, 0.15) is 6.92 Å². The van der Waals surface area contributed by atoms with E-state index in [1.165, 1.54) is 18.2 Å². The number of sulfone groups is 1. The van der Waals surface area contributed by atoms with Gasteiger partial charge in [-0.25, -0.2) is 8.42 Å². The summed E-state index contributed by atoms with van der Waals surface area (Å²) < 4.78 is 91.2. The third-order valence-electron chi connectivity index (χ3n) is 4.84. The van der Waals surface area contributed by atoms with Crippen LogP contribution >= 0.6 is 0 Å². The molecule has 3 rings (SSSR count). The van der Waals surface area contributed by atoms with E-state index in [9.17, 15) is 44.3 Å². The summed E-state index contributed by atoms with van der Waals surface area (Å²) in [6, 6.07) is 7.45. The third-order valence-corrected chi connectivity index (χ3v) is 8.28. The summed E-state index contributed by atoms with van der Waals surface area (Å²) in [5.41, 5.74) is 4.12. The number of nitrogens with two attached hydrogens (primary N) is 1. The maximum atomic E-state index is 12.3. The molecule has 0 heterocycles. The number of hydrogen-bond donors (Lipinski definition) is 5. The van der Waals surface area contributed by atoms with Crippen molar-refractivity contribution in [1.29, 1.82) is 0 Å². The number of phenols is 1. The minimum atomic E-state index is -5.10. The predicted molar refractivity (Wildman–Crippen MR) is 131 cm³/mol. The van der Waals surface area contributed by atoms with E-state index < -0.39 is 57.2 Å².